The number of nitrogens with zero attached hydrogens (tertiary/aromatic N) is 4. The molecule has 0 fully saturated rings. The number of aromatic nitrogens is 4. The van der Waals surface area contributed by atoms with Crippen LogP contribution in [-0.2, 0) is 0 Å². The molecule has 3 rings (SSSR count). The van der Waals surface area contributed by atoms with E-state index in [-0.39, 0.29) is 12.5 Å². The Kier molecular flexibility index (Phi) is 4.00. The van der Waals surface area contributed by atoms with E-state index in [0.29, 0.717) is 0 Å². The Bertz CT molecular complexity index is 696. The Morgan fingerprint density at radius 2 is 2.25 bits per heavy atom. The van der Waals surface area contributed by atoms with Crippen molar-refractivity contribution in [3.8, 4) is 11.4 Å². The van der Waals surface area contributed by atoms with Gasteiger partial charge >= 0.3 is 0 Å². The van der Waals surface area contributed by atoms with Crippen molar-refractivity contribution in [2.75, 3.05) is 12.4 Å². The van der Waals surface area contributed by atoms with Gasteiger partial charge in [0.15, 0.2) is 11.5 Å². The molecule has 0 aromatic carbocycles. The average Bonchev–Trinajstić information content (AvgIpc) is 3.12. The number of hydrogen-bond donors (Lipinski definition) is 1. The first-order valence-electron chi connectivity index (χ1n) is 6.26. The zero-order valence-corrected chi connectivity index (χ0v) is 12.6. The second kappa shape index (κ2) is 5.90. The molecule has 3 aromatic rings. The smallest absolute Gasteiger partial charge is 0.186 e. The van der Waals surface area contributed by atoms with Crippen molar-refractivity contribution in [1.82, 2.24) is 19.8 Å². The molecule has 0 amide bonds. The van der Waals surface area contributed by atoms with Gasteiger partial charge in [-0.25, -0.2) is 0 Å². The lowest BCUT2D eigenvalue weighted by atomic mass is 10.2. The van der Waals surface area contributed by atoms with E-state index in [1.165, 1.54) is 0 Å². The van der Waals surface area contributed by atoms with Gasteiger partial charge in [0.1, 0.15) is 5.03 Å². The Morgan fingerprint density at radius 3 is 3.00 bits per heavy atom. The van der Waals surface area contributed by atoms with Crippen molar-refractivity contribution >= 4 is 28.7 Å². The van der Waals surface area contributed by atoms with Crippen LogP contribution in [0.25, 0.3) is 17.0 Å². The van der Waals surface area contributed by atoms with Gasteiger partial charge in [-0.2, -0.15) is 21.0 Å². The number of thioether (sulfide) groups is 1. The lowest BCUT2D eigenvalue weighted by molar-refractivity contribution is 0.250. The maximum Gasteiger partial charge on any atom is 0.186 e. The van der Waals surface area contributed by atoms with E-state index >= 15 is 0 Å². The van der Waals surface area contributed by atoms with Gasteiger partial charge in [-0.15, -0.1) is 22.0 Å². The molecule has 20 heavy (non-hydrogen) atoms. The highest BCUT2D eigenvalue weighted by atomic mass is 32.2. The minimum Gasteiger partial charge on any atom is -0.396 e. The molecule has 0 aliphatic heterocycles. The Balaban J connectivity index is 1.91. The van der Waals surface area contributed by atoms with Crippen LogP contribution in [0.15, 0.2) is 34.0 Å². The maximum atomic E-state index is 9.06. The Hall–Kier alpha value is -1.44. The number of rotatable bonds is 5. The molecule has 0 saturated heterocycles. The second-order valence-electron chi connectivity index (χ2n) is 4.58. The standard InChI is InChI=1S/C13H14N4OS2/c1-9(6-18)7-20-12-3-2-11-14-15-13(17(11)16-12)10-4-5-19-8-10/h2-5,8-9,18H,6-7H2,1H3. The third-order valence-electron chi connectivity index (χ3n) is 2.85. The molecule has 0 saturated carbocycles. The monoisotopic (exact) mass is 306 g/mol. The van der Waals surface area contributed by atoms with E-state index in [0.717, 1.165) is 27.8 Å². The molecular weight excluding hydrogens is 292 g/mol. The van der Waals surface area contributed by atoms with Crippen molar-refractivity contribution in [2.45, 2.75) is 11.9 Å². The van der Waals surface area contributed by atoms with Crippen molar-refractivity contribution in [3.63, 3.8) is 0 Å². The molecule has 5 nitrogen and oxygen atoms in total. The first-order valence-corrected chi connectivity index (χ1v) is 8.19. The van der Waals surface area contributed by atoms with Crippen LogP contribution in [0.2, 0.25) is 0 Å². The molecule has 0 radical (unpaired) electrons. The number of aliphatic hydroxyl groups excluding tert-OH is 1. The van der Waals surface area contributed by atoms with E-state index in [9.17, 15) is 0 Å². The van der Waals surface area contributed by atoms with Crippen LogP contribution < -0.4 is 0 Å². The van der Waals surface area contributed by atoms with E-state index in [4.69, 9.17) is 5.11 Å². The summed E-state index contributed by atoms with van der Waals surface area (Å²) < 4.78 is 1.77. The first-order chi connectivity index (χ1) is 9.78. The van der Waals surface area contributed by atoms with Crippen LogP contribution in [0.1, 0.15) is 6.92 Å². The summed E-state index contributed by atoms with van der Waals surface area (Å²) in [4.78, 5) is 0. The molecule has 0 aliphatic carbocycles. The van der Waals surface area contributed by atoms with Crippen LogP contribution in [0.5, 0.6) is 0 Å². The van der Waals surface area contributed by atoms with E-state index in [1.54, 1.807) is 27.6 Å². The Labute approximate surface area is 124 Å². The highest BCUT2D eigenvalue weighted by molar-refractivity contribution is 7.99. The second-order valence-corrected chi connectivity index (χ2v) is 6.40. The largest absolute Gasteiger partial charge is 0.396 e. The SMILES string of the molecule is CC(CO)CSc1ccc2nnc(-c3ccsc3)n2n1. The van der Waals surface area contributed by atoms with Crippen molar-refractivity contribution in [3.05, 3.63) is 29.0 Å². The van der Waals surface area contributed by atoms with E-state index < -0.39 is 0 Å². The normalized spacial score (nSPS) is 12.9. The van der Waals surface area contributed by atoms with Crippen LogP contribution in [0.3, 0.4) is 0 Å². The lowest BCUT2D eigenvalue weighted by Gasteiger charge is -2.06. The summed E-state index contributed by atoms with van der Waals surface area (Å²) in [5.74, 6) is 1.86. The lowest BCUT2D eigenvalue weighted by Crippen LogP contribution is -2.04. The highest BCUT2D eigenvalue weighted by Gasteiger charge is 2.11. The fraction of sp³-hybridized carbons (Fsp3) is 0.308. The van der Waals surface area contributed by atoms with E-state index in [2.05, 4.69) is 15.3 Å². The summed E-state index contributed by atoms with van der Waals surface area (Å²) in [5.41, 5.74) is 1.77. The summed E-state index contributed by atoms with van der Waals surface area (Å²) >= 11 is 3.26. The van der Waals surface area contributed by atoms with Crippen LogP contribution in [0, 0.1) is 5.92 Å². The summed E-state index contributed by atoms with van der Waals surface area (Å²) in [6.45, 7) is 2.21. The van der Waals surface area contributed by atoms with Gasteiger partial charge in [0.25, 0.3) is 0 Å². The van der Waals surface area contributed by atoms with Gasteiger partial charge < -0.3 is 5.11 Å². The molecule has 3 aromatic heterocycles. The summed E-state index contributed by atoms with van der Waals surface area (Å²) in [6, 6.07) is 5.87. The van der Waals surface area contributed by atoms with Gasteiger partial charge in [-0.1, -0.05) is 6.92 Å². The van der Waals surface area contributed by atoms with Gasteiger partial charge in [0.2, 0.25) is 0 Å². The third kappa shape index (κ3) is 2.70. The minimum atomic E-state index is 0.196. The van der Waals surface area contributed by atoms with E-state index in [1.807, 2.05) is 35.9 Å². The molecule has 1 unspecified atom stereocenters. The molecule has 0 aliphatic rings. The Morgan fingerprint density at radius 1 is 1.35 bits per heavy atom. The molecule has 1 N–H and O–H groups in total. The molecule has 0 spiro atoms. The number of thiophene rings is 1. The van der Waals surface area contributed by atoms with Crippen molar-refractivity contribution in [2.24, 2.45) is 5.92 Å². The molecule has 7 heteroatoms. The summed E-state index contributed by atoms with van der Waals surface area (Å²) in [6.07, 6.45) is 0. The fourth-order valence-corrected chi connectivity index (χ4v) is 3.20. The summed E-state index contributed by atoms with van der Waals surface area (Å²) in [7, 11) is 0. The quantitative estimate of drug-likeness (QED) is 0.734. The zero-order chi connectivity index (χ0) is 13.9. The van der Waals surface area contributed by atoms with Gasteiger partial charge in [-0.05, 0) is 29.5 Å². The third-order valence-corrected chi connectivity index (χ3v) is 4.78. The average molecular weight is 306 g/mol. The molecule has 3 heterocycles. The predicted molar refractivity (Wildman–Crippen MR) is 81.1 cm³/mol. The zero-order valence-electron chi connectivity index (χ0n) is 10.9. The highest BCUT2D eigenvalue weighted by Crippen LogP contribution is 2.23. The maximum absolute atomic E-state index is 9.06. The number of hydrogen-bond acceptors (Lipinski definition) is 6. The summed E-state index contributed by atoms with van der Waals surface area (Å²) in [5, 5.41) is 26.9. The minimum absolute atomic E-state index is 0.196. The molecule has 104 valence electrons. The molecule has 0 bridgehead atoms. The predicted octanol–water partition coefficient (Wildman–Crippen LogP) is 2.57. The number of aliphatic hydroxyl groups is 1. The van der Waals surface area contributed by atoms with Gasteiger partial charge in [0.05, 0.1) is 0 Å². The van der Waals surface area contributed by atoms with Crippen LogP contribution in [-0.4, -0.2) is 37.3 Å². The van der Waals surface area contributed by atoms with Gasteiger partial charge in [0, 0.05) is 23.3 Å². The van der Waals surface area contributed by atoms with Gasteiger partial charge in [-0.3, -0.25) is 0 Å². The number of fused-ring (bicyclic) bond motifs is 1. The molecule has 1 atom stereocenters. The molecular formula is C13H14N4OS2. The van der Waals surface area contributed by atoms with Crippen LogP contribution in [0.4, 0.5) is 0 Å². The fourth-order valence-electron chi connectivity index (χ4n) is 1.70. The van der Waals surface area contributed by atoms with Crippen LogP contribution >= 0.6 is 23.1 Å². The first kappa shape index (κ1) is 13.5. The van der Waals surface area contributed by atoms with Crippen molar-refractivity contribution < 1.29 is 5.11 Å². The topological polar surface area (TPSA) is 63.3 Å². The van der Waals surface area contributed by atoms with Crippen molar-refractivity contribution in [1.29, 1.82) is 0 Å².